The molecule has 0 fully saturated rings. The fourth-order valence-electron chi connectivity index (χ4n) is 1.57. The fourth-order valence-corrected chi connectivity index (χ4v) is 1.57. The van der Waals surface area contributed by atoms with E-state index < -0.39 is 5.60 Å². The zero-order chi connectivity index (χ0) is 11.6. The molecular formula is C13H21NO. The molecule has 0 aliphatic carbocycles. The van der Waals surface area contributed by atoms with Gasteiger partial charge in [0.2, 0.25) is 0 Å². The molecule has 0 bridgehead atoms. The van der Waals surface area contributed by atoms with Crippen molar-refractivity contribution >= 4 is 0 Å². The second kappa shape index (κ2) is 4.33. The predicted molar refractivity (Wildman–Crippen MR) is 63.7 cm³/mol. The topological polar surface area (TPSA) is 46.2 Å². The lowest BCUT2D eigenvalue weighted by atomic mass is 9.83. The number of benzene rings is 1. The number of rotatable bonds is 3. The molecule has 3 N–H and O–H groups in total. The van der Waals surface area contributed by atoms with Crippen LogP contribution >= 0.6 is 0 Å². The average molecular weight is 207 g/mol. The molecule has 0 radical (unpaired) electrons. The molecule has 0 saturated heterocycles. The van der Waals surface area contributed by atoms with Gasteiger partial charge in [-0.05, 0) is 44.0 Å². The summed E-state index contributed by atoms with van der Waals surface area (Å²) in [5, 5.41) is 10.4. The molecule has 2 unspecified atom stereocenters. The van der Waals surface area contributed by atoms with Crippen LogP contribution in [-0.4, -0.2) is 11.7 Å². The molecule has 0 aliphatic heterocycles. The molecule has 1 rings (SSSR count). The minimum Gasteiger partial charge on any atom is -0.385 e. The summed E-state index contributed by atoms with van der Waals surface area (Å²) in [4.78, 5) is 0. The minimum atomic E-state index is -0.840. The highest BCUT2D eigenvalue weighted by Crippen LogP contribution is 2.29. The number of hydrogen-bond acceptors (Lipinski definition) is 2. The summed E-state index contributed by atoms with van der Waals surface area (Å²) in [6, 6.07) is 6.07. The SMILES string of the molecule is Cc1ccc(C(C)(O)C(C)CN)cc1C. The Morgan fingerprint density at radius 3 is 2.40 bits per heavy atom. The molecule has 15 heavy (non-hydrogen) atoms. The number of hydrogen-bond donors (Lipinski definition) is 2. The average Bonchev–Trinajstić information content (AvgIpc) is 2.20. The van der Waals surface area contributed by atoms with Crippen LogP contribution in [0.3, 0.4) is 0 Å². The Labute approximate surface area is 92.1 Å². The molecule has 2 nitrogen and oxygen atoms in total. The molecule has 84 valence electrons. The Morgan fingerprint density at radius 1 is 1.33 bits per heavy atom. The van der Waals surface area contributed by atoms with Gasteiger partial charge in [-0.15, -0.1) is 0 Å². The lowest BCUT2D eigenvalue weighted by Crippen LogP contribution is -2.34. The Morgan fingerprint density at radius 2 is 1.93 bits per heavy atom. The van der Waals surface area contributed by atoms with E-state index in [-0.39, 0.29) is 5.92 Å². The van der Waals surface area contributed by atoms with Gasteiger partial charge in [-0.25, -0.2) is 0 Å². The van der Waals surface area contributed by atoms with Gasteiger partial charge in [-0.2, -0.15) is 0 Å². The van der Waals surface area contributed by atoms with E-state index in [9.17, 15) is 5.11 Å². The third-order valence-electron chi connectivity index (χ3n) is 3.40. The highest BCUT2D eigenvalue weighted by atomic mass is 16.3. The molecule has 2 heteroatoms. The second-order valence-corrected chi connectivity index (χ2v) is 4.58. The first-order valence-corrected chi connectivity index (χ1v) is 5.39. The summed E-state index contributed by atoms with van der Waals surface area (Å²) in [5.41, 5.74) is 8.16. The normalized spacial score (nSPS) is 17.2. The van der Waals surface area contributed by atoms with E-state index in [1.54, 1.807) is 0 Å². The first-order chi connectivity index (χ1) is 6.89. The maximum atomic E-state index is 10.4. The van der Waals surface area contributed by atoms with Crippen LogP contribution in [0.4, 0.5) is 0 Å². The Hall–Kier alpha value is -0.860. The van der Waals surface area contributed by atoms with Crippen LogP contribution in [0.5, 0.6) is 0 Å². The molecule has 0 aromatic heterocycles. The summed E-state index contributed by atoms with van der Waals surface area (Å²) in [6.07, 6.45) is 0. The molecule has 0 saturated carbocycles. The molecular weight excluding hydrogens is 186 g/mol. The summed E-state index contributed by atoms with van der Waals surface area (Å²) >= 11 is 0. The van der Waals surface area contributed by atoms with Gasteiger partial charge in [0.15, 0.2) is 0 Å². The van der Waals surface area contributed by atoms with E-state index in [0.29, 0.717) is 6.54 Å². The van der Waals surface area contributed by atoms with Gasteiger partial charge < -0.3 is 10.8 Å². The first kappa shape index (κ1) is 12.2. The first-order valence-electron chi connectivity index (χ1n) is 5.39. The van der Waals surface area contributed by atoms with Crippen molar-refractivity contribution < 1.29 is 5.11 Å². The van der Waals surface area contributed by atoms with Crippen molar-refractivity contribution in [1.82, 2.24) is 0 Å². The van der Waals surface area contributed by atoms with Crippen LogP contribution in [0.2, 0.25) is 0 Å². The third-order valence-corrected chi connectivity index (χ3v) is 3.40. The number of nitrogens with two attached hydrogens (primary N) is 1. The lowest BCUT2D eigenvalue weighted by molar-refractivity contribution is 0.00514. The molecule has 2 atom stereocenters. The summed E-state index contributed by atoms with van der Waals surface area (Å²) in [6.45, 7) is 8.41. The minimum absolute atomic E-state index is 0.0552. The van der Waals surface area contributed by atoms with Gasteiger partial charge in [-0.1, -0.05) is 25.1 Å². The molecule has 0 amide bonds. The van der Waals surface area contributed by atoms with Crippen LogP contribution in [0.15, 0.2) is 18.2 Å². The van der Waals surface area contributed by atoms with Crippen molar-refractivity contribution in [3.05, 3.63) is 34.9 Å². The van der Waals surface area contributed by atoms with Crippen molar-refractivity contribution in [3.63, 3.8) is 0 Å². The van der Waals surface area contributed by atoms with Crippen molar-refractivity contribution in [3.8, 4) is 0 Å². The van der Waals surface area contributed by atoms with E-state index in [2.05, 4.69) is 13.8 Å². The van der Waals surface area contributed by atoms with Crippen molar-refractivity contribution in [2.45, 2.75) is 33.3 Å². The van der Waals surface area contributed by atoms with E-state index >= 15 is 0 Å². The van der Waals surface area contributed by atoms with E-state index in [1.165, 1.54) is 11.1 Å². The Balaban J connectivity index is 3.10. The van der Waals surface area contributed by atoms with E-state index in [1.807, 2.05) is 32.0 Å². The smallest absolute Gasteiger partial charge is 0.0906 e. The highest BCUT2D eigenvalue weighted by Gasteiger charge is 2.29. The zero-order valence-corrected chi connectivity index (χ0v) is 10.0. The van der Waals surface area contributed by atoms with Crippen LogP contribution in [0.1, 0.15) is 30.5 Å². The summed E-state index contributed by atoms with van der Waals surface area (Å²) in [5.74, 6) is 0.0552. The largest absolute Gasteiger partial charge is 0.385 e. The van der Waals surface area contributed by atoms with E-state index in [0.717, 1.165) is 5.56 Å². The van der Waals surface area contributed by atoms with Crippen LogP contribution < -0.4 is 5.73 Å². The number of aliphatic hydroxyl groups is 1. The van der Waals surface area contributed by atoms with Gasteiger partial charge >= 0.3 is 0 Å². The molecule has 0 spiro atoms. The van der Waals surface area contributed by atoms with Gasteiger partial charge in [0.1, 0.15) is 0 Å². The maximum Gasteiger partial charge on any atom is 0.0906 e. The molecule has 1 aromatic carbocycles. The van der Waals surface area contributed by atoms with Gasteiger partial charge in [0.25, 0.3) is 0 Å². The number of aryl methyl sites for hydroxylation is 2. The summed E-state index contributed by atoms with van der Waals surface area (Å²) < 4.78 is 0. The monoisotopic (exact) mass is 207 g/mol. The second-order valence-electron chi connectivity index (χ2n) is 4.58. The van der Waals surface area contributed by atoms with Crippen LogP contribution in [0, 0.1) is 19.8 Å². The molecule has 0 aliphatic rings. The van der Waals surface area contributed by atoms with Crippen molar-refractivity contribution in [2.24, 2.45) is 11.7 Å². The van der Waals surface area contributed by atoms with Gasteiger partial charge in [-0.3, -0.25) is 0 Å². The van der Waals surface area contributed by atoms with E-state index in [4.69, 9.17) is 5.73 Å². The lowest BCUT2D eigenvalue weighted by Gasteiger charge is -2.30. The van der Waals surface area contributed by atoms with Gasteiger partial charge in [0, 0.05) is 5.92 Å². The Kier molecular flexibility index (Phi) is 3.53. The van der Waals surface area contributed by atoms with Crippen molar-refractivity contribution in [1.29, 1.82) is 0 Å². The third kappa shape index (κ3) is 2.39. The quantitative estimate of drug-likeness (QED) is 0.797. The zero-order valence-electron chi connectivity index (χ0n) is 10.0. The van der Waals surface area contributed by atoms with Crippen LogP contribution in [0.25, 0.3) is 0 Å². The van der Waals surface area contributed by atoms with Crippen molar-refractivity contribution in [2.75, 3.05) is 6.54 Å². The molecule has 1 aromatic rings. The summed E-state index contributed by atoms with van der Waals surface area (Å²) in [7, 11) is 0. The standard InChI is InChI=1S/C13H21NO/c1-9-5-6-12(7-10(9)2)13(4,15)11(3)8-14/h5-7,11,15H,8,14H2,1-4H3. The predicted octanol–water partition coefficient (Wildman–Crippen LogP) is 2.11. The van der Waals surface area contributed by atoms with Crippen LogP contribution in [-0.2, 0) is 5.60 Å². The fraction of sp³-hybridized carbons (Fsp3) is 0.538. The maximum absolute atomic E-state index is 10.4. The van der Waals surface area contributed by atoms with Gasteiger partial charge in [0.05, 0.1) is 5.60 Å². The Bertz CT molecular complexity index is 344. The molecule has 0 heterocycles. The highest BCUT2D eigenvalue weighted by molar-refractivity contribution is 5.33.